The smallest absolute Gasteiger partial charge is 0.261 e. The van der Waals surface area contributed by atoms with Crippen LogP contribution in [0.4, 0.5) is 0 Å². The molecule has 0 spiro atoms. The fourth-order valence-electron chi connectivity index (χ4n) is 3.36. The fourth-order valence-corrected chi connectivity index (χ4v) is 4.98. The van der Waals surface area contributed by atoms with Gasteiger partial charge in [0, 0.05) is 4.75 Å². The number of carbonyl (C=O) groups is 3. The molecule has 4 atom stereocenters. The van der Waals surface area contributed by atoms with Gasteiger partial charge in [-0.05, 0) is 32.4 Å². The maximum atomic E-state index is 12.5. The highest BCUT2D eigenvalue weighted by Gasteiger charge is 2.62. The summed E-state index contributed by atoms with van der Waals surface area (Å²) in [5.74, 6) is -1.48. The maximum Gasteiger partial charge on any atom is 0.261 e. The molecule has 0 aliphatic carbocycles. The molecule has 140 valence electrons. The number of carboxylic acid groups (broad SMARTS) is 1. The number of carboxylic acids is 1. The number of para-hydroxylation sites is 1. The summed E-state index contributed by atoms with van der Waals surface area (Å²) in [6, 6.07) is 7.24. The normalized spacial score (nSPS) is 27.3. The van der Waals surface area contributed by atoms with Gasteiger partial charge in [-0.15, -0.1) is 11.8 Å². The highest BCUT2D eigenvalue weighted by molar-refractivity contribution is 8.01. The van der Waals surface area contributed by atoms with Crippen LogP contribution in [0.15, 0.2) is 30.3 Å². The molecule has 8 heteroatoms. The van der Waals surface area contributed by atoms with E-state index in [-0.39, 0.29) is 5.91 Å². The topological polar surface area (TPSA) is 98.8 Å². The molecule has 7 nitrogen and oxygen atoms in total. The van der Waals surface area contributed by atoms with Gasteiger partial charge in [0.1, 0.15) is 17.2 Å². The second-order valence-corrected chi connectivity index (χ2v) is 8.66. The van der Waals surface area contributed by atoms with Crippen molar-refractivity contribution in [3.63, 3.8) is 0 Å². The predicted molar refractivity (Wildman–Crippen MR) is 94.2 cm³/mol. The standard InChI is InChI=1S/C18H22N2O5S/c1-4-11(25-10-8-6-5-7-9-10)14(21)19-12-15(22)20-13(17(23)24)18(2,3)26-16(12)20/h5-9,11-13,16H,4H2,1-3H3,(H,19,21)(H,23,24)/p-1/t11?,12-,13+,16-/m1/s1. The van der Waals surface area contributed by atoms with Gasteiger partial charge in [-0.3, -0.25) is 9.59 Å². The van der Waals surface area contributed by atoms with E-state index < -0.39 is 40.2 Å². The van der Waals surface area contributed by atoms with Crippen molar-refractivity contribution in [3.8, 4) is 5.75 Å². The van der Waals surface area contributed by atoms with E-state index in [0.717, 1.165) is 0 Å². The first-order chi connectivity index (χ1) is 12.3. The first kappa shape index (κ1) is 18.6. The minimum absolute atomic E-state index is 0.385. The molecule has 1 aromatic carbocycles. The number of rotatable bonds is 6. The van der Waals surface area contributed by atoms with Crippen molar-refractivity contribution in [3.05, 3.63) is 30.3 Å². The highest BCUT2D eigenvalue weighted by atomic mass is 32.2. The SMILES string of the molecule is CCC(Oc1ccccc1)C(=O)N[C@@H]1C(=O)N2[C@@H]1SC(C)(C)[C@@H]2C(=O)[O-]. The van der Waals surface area contributed by atoms with Crippen molar-refractivity contribution in [2.45, 2.75) is 55.5 Å². The molecule has 0 aromatic heterocycles. The van der Waals surface area contributed by atoms with Gasteiger partial charge in [0.05, 0.1) is 12.0 Å². The molecule has 3 rings (SSSR count). The lowest BCUT2D eigenvalue weighted by molar-refractivity contribution is -0.312. The van der Waals surface area contributed by atoms with Crippen molar-refractivity contribution < 1.29 is 24.2 Å². The largest absolute Gasteiger partial charge is 0.548 e. The van der Waals surface area contributed by atoms with Crippen LogP contribution in [-0.2, 0) is 14.4 Å². The molecule has 1 aromatic rings. The third-order valence-electron chi connectivity index (χ3n) is 4.65. The van der Waals surface area contributed by atoms with E-state index in [0.29, 0.717) is 12.2 Å². The van der Waals surface area contributed by atoms with Gasteiger partial charge in [0.25, 0.3) is 5.91 Å². The number of benzene rings is 1. The summed E-state index contributed by atoms with van der Waals surface area (Å²) in [4.78, 5) is 37.7. The Morgan fingerprint density at radius 3 is 2.58 bits per heavy atom. The number of hydrogen-bond donors (Lipinski definition) is 1. The van der Waals surface area contributed by atoms with E-state index in [1.165, 1.54) is 16.7 Å². The summed E-state index contributed by atoms with van der Waals surface area (Å²) in [6.07, 6.45) is -0.285. The number of hydrogen-bond acceptors (Lipinski definition) is 6. The zero-order valence-electron chi connectivity index (χ0n) is 14.8. The van der Waals surface area contributed by atoms with Gasteiger partial charge in [0.2, 0.25) is 5.91 Å². The fraction of sp³-hybridized carbons (Fsp3) is 0.500. The van der Waals surface area contributed by atoms with E-state index in [4.69, 9.17) is 4.74 Å². The Kier molecular flexibility index (Phi) is 4.88. The van der Waals surface area contributed by atoms with Crippen molar-refractivity contribution in [2.24, 2.45) is 0 Å². The predicted octanol–water partition coefficient (Wildman–Crippen LogP) is 0.141. The number of amides is 2. The molecule has 2 amide bonds. The molecule has 26 heavy (non-hydrogen) atoms. The van der Waals surface area contributed by atoms with Crippen molar-refractivity contribution >= 4 is 29.5 Å². The quantitative estimate of drug-likeness (QED) is 0.708. The second kappa shape index (κ2) is 6.83. The third-order valence-corrected chi connectivity index (χ3v) is 6.22. The van der Waals surface area contributed by atoms with Crippen LogP contribution in [-0.4, -0.2) is 51.0 Å². The maximum absolute atomic E-state index is 12.5. The van der Waals surface area contributed by atoms with Gasteiger partial charge >= 0.3 is 0 Å². The van der Waals surface area contributed by atoms with Gasteiger partial charge in [-0.1, -0.05) is 25.1 Å². The van der Waals surface area contributed by atoms with Crippen LogP contribution in [0.2, 0.25) is 0 Å². The van der Waals surface area contributed by atoms with Crippen LogP contribution in [0.5, 0.6) is 5.75 Å². The van der Waals surface area contributed by atoms with Gasteiger partial charge in [0.15, 0.2) is 6.10 Å². The van der Waals surface area contributed by atoms with Crippen LogP contribution in [0.3, 0.4) is 0 Å². The summed E-state index contributed by atoms with van der Waals surface area (Å²) in [7, 11) is 0. The zero-order valence-corrected chi connectivity index (χ0v) is 15.6. The third kappa shape index (κ3) is 3.13. The summed E-state index contributed by atoms with van der Waals surface area (Å²) in [5, 5.41) is 13.7. The number of carbonyl (C=O) groups excluding carboxylic acids is 3. The molecule has 0 bridgehead atoms. The van der Waals surface area contributed by atoms with Crippen LogP contribution in [0.25, 0.3) is 0 Å². The van der Waals surface area contributed by atoms with Gasteiger partial charge in [-0.25, -0.2) is 0 Å². The number of β-lactam (4-membered cyclic amide) rings is 1. The van der Waals surface area contributed by atoms with Crippen LogP contribution in [0.1, 0.15) is 27.2 Å². The number of aliphatic carboxylic acids is 1. The molecule has 0 saturated carbocycles. The average molecular weight is 377 g/mol. The molecular weight excluding hydrogens is 356 g/mol. The van der Waals surface area contributed by atoms with Crippen molar-refractivity contribution in [2.75, 3.05) is 0 Å². The Labute approximate surface area is 156 Å². The lowest BCUT2D eigenvalue weighted by Crippen LogP contribution is -2.72. The minimum atomic E-state index is -1.28. The highest BCUT2D eigenvalue weighted by Crippen LogP contribution is 2.50. The lowest BCUT2D eigenvalue weighted by Gasteiger charge is -2.45. The number of thioether (sulfide) groups is 1. The van der Waals surface area contributed by atoms with Crippen molar-refractivity contribution in [1.82, 2.24) is 10.2 Å². The summed E-state index contributed by atoms with van der Waals surface area (Å²) < 4.78 is 5.02. The van der Waals surface area contributed by atoms with Crippen molar-refractivity contribution in [1.29, 1.82) is 0 Å². The lowest BCUT2D eigenvalue weighted by atomic mass is 9.96. The Balaban J connectivity index is 1.67. The summed E-state index contributed by atoms with van der Waals surface area (Å²) in [6.45, 7) is 5.34. The van der Waals surface area contributed by atoms with E-state index in [2.05, 4.69) is 5.32 Å². The molecule has 2 aliphatic rings. The Hall–Kier alpha value is -2.22. The number of nitrogens with zero attached hydrogens (tertiary/aromatic N) is 1. The monoisotopic (exact) mass is 377 g/mol. The van der Waals surface area contributed by atoms with E-state index in [1.807, 2.05) is 25.1 Å². The molecular formula is C18H21N2O5S-. The van der Waals surface area contributed by atoms with E-state index in [9.17, 15) is 19.5 Å². The Morgan fingerprint density at radius 1 is 1.35 bits per heavy atom. The Bertz CT molecular complexity index is 724. The molecule has 1 N–H and O–H groups in total. The van der Waals surface area contributed by atoms with Gasteiger partial charge in [-0.2, -0.15) is 0 Å². The first-order valence-electron chi connectivity index (χ1n) is 8.49. The summed E-state index contributed by atoms with van der Waals surface area (Å²) in [5.41, 5.74) is 0. The van der Waals surface area contributed by atoms with E-state index >= 15 is 0 Å². The minimum Gasteiger partial charge on any atom is -0.548 e. The Morgan fingerprint density at radius 2 is 2.00 bits per heavy atom. The molecule has 2 saturated heterocycles. The summed E-state index contributed by atoms with van der Waals surface area (Å²) >= 11 is 1.36. The molecule has 1 unspecified atom stereocenters. The molecule has 2 heterocycles. The number of ether oxygens (including phenoxy) is 1. The first-order valence-corrected chi connectivity index (χ1v) is 9.37. The zero-order chi connectivity index (χ0) is 19.1. The van der Waals surface area contributed by atoms with Crippen LogP contribution < -0.4 is 15.2 Å². The van der Waals surface area contributed by atoms with Gasteiger partial charge < -0.3 is 24.9 Å². The second-order valence-electron chi connectivity index (χ2n) is 6.89. The van der Waals surface area contributed by atoms with Crippen LogP contribution in [0, 0.1) is 0 Å². The van der Waals surface area contributed by atoms with Crippen LogP contribution >= 0.6 is 11.8 Å². The van der Waals surface area contributed by atoms with E-state index in [1.54, 1.807) is 26.0 Å². The molecule has 2 fully saturated rings. The molecule has 0 radical (unpaired) electrons. The number of fused-ring (bicyclic) bond motifs is 1. The average Bonchev–Trinajstić information content (AvgIpc) is 2.86. The molecule has 2 aliphatic heterocycles. The number of nitrogens with one attached hydrogen (secondary N) is 1.